The second-order valence-corrected chi connectivity index (χ2v) is 1.75. The zero-order valence-electron chi connectivity index (χ0n) is 5.59. The van der Waals surface area contributed by atoms with Gasteiger partial charge in [-0.25, -0.2) is 0 Å². The second-order valence-electron chi connectivity index (χ2n) is 1.75. The molecular formula is C7H12O2. The molecule has 0 spiro atoms. The Labute approximate surface area is 55.5 Å². The first kappa shape index (κ1) is 8.48. The van der Waals surface area contributed by atoms with Crippen molar-refractivity contribution in [2.75, 3.05) is 6.61 Å². The van der Waals surface area contributed by atoms with E-state index in [2.05, 4.69) is 11.8 Å². The molecule has 0 aliphatic rings. The van der Waals surface area contributed by atoms with Gasteiger partial charge in [0.15, 0.2) is 0 Å². The zero-order valence-corrected chi connectivity index (χ0v) is 5.59. The van der Waals surface area contributed by atoms with Gasteiger partial charge < -0.3 is 10.2 Å². The summed E-state index contributed by atoms with van der Waals surface area (Å²) < 4.78 is 0. The van der Waals surface area contributed by atoms with E-state index in [-0.39, 0.29) is 6.61 Å². The first-order chi connectivity index (χ1) is 4.31. The van der Waals surface area contributed by atoms with Gasteiger partial charge in [0, 0.05) is 12.8 Å². The lowest BCUT2D eigenvalue weighted by molar-refractivity contribution is 0.0992. The smallest absolute Gasteiger partial charge is 0.0879 e. The number of aliphatic hydroxyl groups excluding tert-OH is 2. The van der Waals surface area contributed by atoms with Crippen LogP contribution in [0.15, 0.2) is 0 Å². The predicted molar refractivity (Wildman–Crippen MR) is 35.8 cm³/mol. The fraction of sp³-hybridized carbons (Fsp3) is 0.714. The van der Waals surface area contributed by atoms with E-state index in [1.165, 1.54) is 0 Å². The van der Waals surface area contributed by atoms with Gasteiger partial charge in [-0.2, -0.15) is 0 Å². The molecule has 0 aromatic heterocycles. The Hall–Kier alpha value is -0.520. The standard InChI is InChI=1S/C7H12O2/c1-2-3-4-5-7(9)6-8/h7-9H,2,5-6H2,1H3. The quantitative estimate of drug-likeness (QED) is 0.519. The van der Waals surface area contributed by atoms with Crippen molar-refractivity contribution in [3.05, 3.63) is 0 Å². The molecule has 0 fully saturated rings. The van der Waals surface area contributed by atoms with Gasteiger partial charge in [-0.3, -0.25) is 0 Å². The van der Waals surface area contributed by atoms with Crippen LogP contribution in [0.4, 0.5) is 0 Å². The fourth-order valence-electron chi connectivity index (χ4n) is 0.380. The molecule has 0 bridgehead atoms. The number of hydrogen-bond donors (Lipinski definition) is 2. The van der Waals surface area contributed by atoms with E-state index in [0.29, 0.717) is 6.42 Å². The summed E-state index contributed by atoms with van der Waals surface area (Å²) in [5.41, 5.74) is 0. The van der Waals surface area contributed by atoms with E-state index in [1.807, 2.05) is 6.92 Å². The van der Waals surface area contributed by atoms with Crippen molar-refractivity contribution >= 4 is 0 Å². The minimum Gasteiger partial charge on any atom is -0.394 e. The predicted octanol–water partition coefficient (Wildman–Crippen LogP) is 0.143. The van der Waals surface area contributed by atoms with Gasteiger partial charge in [-0.15, -0.1) is 11.8 Å². The van der Waals surface area contributed by atoms with E-state index in [9.17, 15) is 0 Å². The lowest BCUT2D eigenvalue weighted by Crippen LogP contribution is -2.09. The zero-order chi connectivity index (χ0) is 7.11. The van der Waals surface area contributed by atoms with Gasteiger partial charge in [0.1, 0.15) is 0 Å². The first-order valence-corrected chi connectivity index (χ1v) is 3.06. The second kappa shape index (κ2) is 5.61. The molecule has 0 heterocycles. The maximum Gasteiger partial charge on any atom is 0.0879 e. The molecule has 0 amide bonds. The van der Waals surface area contributed by atoms with E-state index in [4.69, 9.17) is 10.2 Å². The molecule has 2 N–H and O–H groups in total. The Bertz CT molecular complexity index is 110. The molecule has 1 unspecified atom stereocenters. The van der Waals surface area contributed by atoms with Crippen molar-refractivity contribution in [2.24, 2.45) is 0 Å². The van der Waals surface area contributed by atoms with Crippen LogP contribution >= 0.6 is 0 Å². The summed E-state index contributed by atoms with van der Waals surface area (Å²) in [4.78, 5) is 0. The van der Waals surface area contributed by atoms with Crippen LogP contribution in [0.5, 0.6) is 0 Å². The molecule has 0 aromatic rings. The van der Waals surface area contributed by atoms with Crippen LogP contribution in [-0.4, -0.2) is 22.9 Å². The number of aliphatic hydroxyl groups is 2. The van der Waals surface area contributed by atoms with Gasteiger partial charge in [0.05, 0.1) is 12.7 Å². The Morgan fingerprint density at radius 1 is 1.44 bits per heavy atom. The molecule has 0 aliphatic carbocycles. The van der Waals surface area contributed by atoms with Crippen molar-refractivity contribution < 1.29 is 10.2 Å². The molecule has 0 saturated carbocycles. The van der Waals surface area contributed by atoms with Crippen molar-refractivity contribution in [3.8, 4) is 11.8 Å². The van der Waals surface area contributed by atoms with Crippen LogP contribution in [0.25, 0.3) is 0 Å². The molecule has 1 atom stereocenters. The van der Waals surface area contributed by atoms with Gasteiger partial charge >= 0.3 is 0 Å². The normalized spacial score (nSPS) is 11.9. The van der Waals surface area contributed by atoms with E-state index in [0.717, 1.165) is 6.42 Å². The Kier molecular flexibility index (Phi) is 5.29. The van der Waals surface area contributed by atoms with E-state index >= 15 is 0 Å². The summed E-state index contributed by atoms with van der Waals surface area (Å²) in [5, 5.41) is 17.0. The fourth-order valence-corrected chi connectivity index (χ4v) is 0.380. The van der Waals surface area contributed by atoms with Crippen LogP contribution in [0, 0.1) is 11.8 Å². The van der Waals surface area contributed by atoms with Crippen molar-refractivity contribution in [1.82, 2.24) is 0 Å². The molecule has 0 saturated heterocycles. The molecule has 9 heavy (non-hydrogen) atoms. The van der Waals surface area contributed by atoms with Gasteiger partial charge in [-0.1, -0.05) is 6.92 Å². The Morgan fingerprint density at radius 3 is 2.56 bits per heavy atom. The largest absolute Gasteiger partial charge is 0.394 e. The first-order valence-electron chi connectivity index (χ1n) is 3.06. The van der Waals surface area contributed by atoms with Crippen LogP contribution in [0.1, 0.15) is 19.8 Å². The molecule has 0 aromatic carbocycles. The van der Waals surface area contributed by atoms with Gasteiger partial charge in [0.25, 0.3) is 0 Å². The summed E-state index contributed by atoms with van der Waals surface area (Å²) in [5.74, 6) is 5.52. The lowest BCUT2D eigenvalue weighted by atomic mass is 10.3. The molecule has 2 heteroatoms. The summed E-state index contributed by atoms with van der Waals surface area (Å²) in [7, 11) is 0. The Morgan fingerprint density at radius 2 is 2.11 bits per heavy atom. The highest BCUT2D eigenvalue weighted by Crippen LogP contribution is 1.86. The lowest BCUT2D eigenvalue weighted by Gasteiger charge is -1.97. The van der Waals surface area contributed by atoms with Crippen molar-refractivity contribution in [2.45, 2.75) is 25.9 Å². The van der Waals surface area contributed by atoms with Gasteiger partial charge in [-0.05, 0) is 0 Å². The third-order valence-electron chi connectivity index (χ3n) is 0.850. The highest BCUT2D eigenvalue weighted by atomic mass is 16.3. The minimum absolute atomic E-state index is 0.196. The van der Waals surface area contributed by atoms with Crippen LogP contribution in [0.2, 0.25) is 0 Å². The molecule has 0 rings (SSSR count). The van der Waals surface area contributed by atoms with Crippen LogP contribution in [0.3, 0.4) is 0 Å². The molecule has 52 valence electrons. The van der Waals surface area contributed by atoms with E-state index in [1.54, 1.807) is 0 Å². The topological polar surface area (TPSA) is 40.5 Å². The van der Waals surface area contributed by atoms with Crippen LogP contribution < -0.4 is 0 Å². The van der Waals surface area contributed by atoms with Gasteiger partial charge in [0.2, 0.25) is 0 Å². The third kappa shape index (κ3) is 5.35. The SMILES string of the molecule is CCC#CCC(O)CO. The van der Waals surface area contributed by atoms with Crippen LogP contribution in [-0.2, 0) is 0 Å². The average Bonchev–Trinajstić information content (AvgIpc) is 1.89. The molecule has 0 aliphatic heterocycles. The number of rotatable bonds is 2. The summed E-state index contributed by atoms with van der Waals surface area (Å²) in [6.07, 6.45) is 0.520. The molecular weight excluding hydrogens is 116 g/mol. The minimum atomic E-state index is -0.663. The maximum absolute atomic E-state index is 8.73. The van der Waals surface area contributed by atoms with Crippen molar-refractivity contribution in [3.63, 3.8) is 0 Å². The third-order valence-corrected chi connectivity index (χ3v) is 0.850. The number of hydrogen-bond acceptors (Lipinski definition) is 2. The monoisotopic (exact) mass is 128 g/mol. The highest BCUT2D eigenvalue weighted by molar-refractivity contribution is 4.99. The molecule has 0 radical (unpaired) electrons. The summed E-state index contributed by atoms with van der Waals surface area (Å²) >= 11 is 0. The average molecular weight is 128 g/mol. The summed E-state index contributed by atoms with van der Waals surface area (Å²) in [6, 6.07) is 0. The Balaban J connectivity index is 3.25. The summed E-state index contributed by atoms with van der Waals surface area (Å²) in [6.45, 7) is 1.75. The molecule has 2 nitrogen and oxygen atoms in total. The van der Waals surface area contributed by atoms with Crippen molar-refractivity contribution in [1.29, 1.82) is 0 Å². The maximum atomic E-state index is 8.73. The highest BCUT2D eigenvalue weighted by Gasteiger charge is 1.95. The van der Waals surface area contributed by atoms with E-state index < -0.39 is 6.10 Å².